The van der Waals surface area contributed by atoms with E-state index in [9.17, 15) is 4.79 Å². The maximum absolute atomic E-state index is 12.4. The van der Waals surface area contributed by atoms with Crippen LogP contribution in [-0.4, -0.2) is 68.1 Å². The summed E-state index contributed by atoms with van der Waals surface area (Å²) in [4.78, 5) is 28.1. The van der Waals surface area contributed by atoms with Crippen LogP contribution in [0.4, 0.5) is 4.79 Å². The molecule has 1 aliphatic rings. The Hall–Kier alpha value is -2.35. The number of hydrogen-bond donors (Lipinski definition) is 2. The maximum Gasteiger partial charge on any atom is 0.317 e. The smallest absolute Gasteiger partial charge is 0.317 e. The first kappa shape index (κ1) is 15.5. The second kappa shape index (κ2) is 7.28. The minimum atomic E-state index is -0.0163. The van der Waals surface area contributed by atoms with Crippen LogP contribution in [0.3, 0.4) is 0 Å². The van der Waals surface area contributed by atoms with Crippen molar-refractivity contribution in [1.29, 1.82) is 0 Å². The van der Waals surface area contributed by atoms with Gasteiger partial charge in [0.25, 0.3) is 0 Å². The van der Waals surface area contributed by atoms with Gasteiger partial charge in [0.2, 0.25) is 0 Å². The van der Waals surface area contributed by atoms with Crippen molar-refractivity contribution in [3.8, 4) is 0 Å². The number of imidazole rings is 2. The number of urea groups is 1. The van der Waals surface area contributed by atoms with Crippen molar-refractivity contribution in [2.24, 2.45) is 0 Å². The van der Waals surface area contributed by atoms with Crippen molar-refractivity contribution in [2.75, 3.05) is 32.7 Å². The lowest BCUT2D eigenvalue weighted by atomic mass is 10.1. The quantitative estimate of drug-likeness (QED) is 0.850. The van der Waals surface area contributed by atoms with E-state index in [1.807, 2.05) is 21.9 Å². The molecule has 1 saturated heterocycles. The van der Waals surface area contributed by atoms with Gasteiger partial charge in [-0.2, -0.15) is 0 Å². The van der Waals surface area contributed by atoms with E-state index >= 15 is 0 Å². The summed E-state index contributed by atoms with van der Waals surface area (Å²) in [6.45, 7) is 6.64. The third kappa shape index (κ3) is 3.70. The minimum Gasteiger partial charge on any atom is -0.347 e. The van der Waals surface area contributed by atoms with Crippen molar-refractivity contribution >= 4 is 6.03 Å². The molecule has 3 rings (SSSR count). The molecule has 2 N–H and O–H groups in total. The molecule has 1 atom stereocenters. The van der Waals surface area contributed by atoms with Crippen LogP contribution in [-0.2, 0) is 6.54 Å². The number of nitrogens with one attached hydrogen (secondary N) is 2. The summed E-state index contributed by atoms with van der Waals surface area (Å²) in [5.74, 6) is 0.919. The Labute approximate surface area is 135 Å². The number of rotatable bonds is 5. The summed E-state index contributed by atoms with van der Waals surface area (Å²) in [5.41, 5.74) is 0. The molecule has 124 valence electrons. The lowest BCUT2D eigenvalue weighted by Crippen LogP contribution is -2.53. The lowest BCUT2D eigenvalue weighted by molar-refractivity contribution is 0.0897. The first-order chi connectivity index (χ1) is 11.3. The Balaban J connectivity index is 1.54. The highest BCUT2D eigenvalue weighted by Gasteiger charge is 2.30. The SMILES string of the molecule is CCN1CCN(C(=O)NCCn2ccnc2)C[C@H]1c1ncc[nH]1. The van der Waals surface area contributed by atoms with Gasteiger partial charge < -0.3 is 19.8 Å². The molecule has 8 nitrogen and oxygen atoms in total. The number of carbonyl (C=O) groups excluding carboxylic acids is 1. The van der Waals surface area contributed by atoms with Crippen molar-refractivity contribution in [3.63, 3.8) is 0 Å². The highest BCUT2D eigenvalue weighted by molar-refractivity contribution is 5.74. The van der Waals surface area contributed by atoms with Crippen molar-refractivity contribution in [2.45, 2.75) is 19.5 Å². The molecule has 23 heavy (non-hydrogen) atoms. The molecule has 0 unspecified atom stereocenters. The molecule has 1 fully saturated rings. The maximum atomic E-state index is 12.4. The van der Waals surface area contributed by atoms with Gasteiger partial charge in [-0.25, -0.2) is 14.8 Å². The van der Waals surface area contributed by atoms with Crippen LogP contribution in [0.1, 0.15) is 18.8 Å². The fourth-order valence-corrected chi connectivity index (χ4v) is 2.93. The highest BCUT2D eigenvalue weighted by Crippen LogP contribution is 2.22. The summed E-state index contributed by atoms with van der Waals surface area (Å²) in [7, 11) is 0. The Kier molecular flexibility index (Phi) is 4.92. The largest absolute Gasteiger partial charge is 0.347 e. The fraction of sp³-hybridized carbons (Fsp3) is 0.533. The number of likely N-dealkylation sites (N-methyl/N-ethyl adjacent to an activating group) is 1. The van der Waals surface area contributed by atoms with E-state index in [1.165, 1.54) is 0 Å². The number of aromatic amines is 1. The minimum absolute atomic E-state index is 0.0163. The van der Waals surface area contributed by atoms with E-state index in [1.54, 1.807) is 18.7 Å². The zero-order valence-corrected chi connectivity index (χ0v) is 13.4. The van der Waals surface area contributed by atoms with Gasteiger partial charge in [-0.05, 0) is 6.54 Å². The number of carbonyl (C=O) groups is 1. The van der Waals surface area contributed by atoms with Crippen LogP contribution in [0.25, 0.3) is 0 Å². The standard InChI is InChI=1S/C15H23N7O/c1-2-21-9-10-22(11-13(21)14-17-3-4-18-14)15(23)19-6-8-20-7-5-16-12-20/h3-5,7,12-13H,2,6,8-11H2,1H3,(H,17,18)(H,19,23)/t13-/m0/s1. The predicted octanol–water partition coefficient (Wildman–Crippen LogP) is 0.695. The van der Waals surface area contributed by atoms with Crippen LogP contribution in [0.15, 0.2) is 31.1 Å². The number of H-pyrrole nitrogens is 1. The van der Waals surface area contributed by atoms with Crippen LogP contribution in [0.2, 0.25) is 0 Å². The van der Waals surface area contributed by atoms with Gasteiger partial charge >= 0.3 is 6.03 Å². The van der Waals surface area contributed by atoms with Gasteiger partial charge in [-0.3, -0.25) is 4.90 Å². The highest BCUT2D eigenvalue weighted by atomic mass is 16.2. The van der Waals surface area contributed by atoms with E-state index in [2.05, 4.69) is 32.1 Å². The number of amides is 2. The molecule has 0 radical (unpaired) electrons. The summed E-state index contributed by atoms with van der Waals surface area (Å²) in [6.07, 6.45) is 8.96. The van der Waals surface area contributed by atoms with Crippen LogP contribution >= 0.6 is 0 Å². The van der Waals surface area contributed by atoms with Gasteiger partial charge in [0.15, 0.2) is 0 Å². The number of nitrogens with zero attached hydrogens (tertiary/aromatic N) is 5. The van der Waals surface area contributed by atoms with Gasteiger partial charge in [0.05, 0.1) is 12.4 Å². The number of aromatic nitrogens is 4. The van der Waals surface area contributed by atoms with Crippen LogP contribution < -0.4 is 5.32 Å². The molecule has 2 aromatic rings. The Bertz CT molecular complexity index is 595. The third-order valence-electron chi connectivity index (χ3n) is 4.23. The molecule has 2 aromatic heterocycles. The Morgan fingerprint density at radius 1 is 1.43 bits per heavy atom. The van der Waals surface area contributed by atoms with Crippen LogP contribution in [0.5, 0.6) is 0 Å². The van der Waals surface area contributed by atoms with E-state index in [-0.39, 0.29) is 12.1 Å². The normalized spacial score (nSPS) is 19.0. The molecular weight excluding hydrogens is 294 g/mol. The van der Waals surface area contributed by atoms with E-state index in [0.29, 0.717) is 13.1 Å². The summed E-state index contributed by atoms with van der Waals surface area (Å²) < 4.78 is 1.95. The van der Waals surface area contributed by atoms with Crippen molar-refractivity contribution in [1.82, 2.24) is 34.6 Å². The van der Waals surface area contributed by atoms with Gasteiger partial charge in [-0.1, -0.05) is 6.92 Å². The Morgan fingerprint density at radius 2 is 2.35 bits per heavy atom. The second-order valence-electron chi connectivity index (χ2n) is 5.60. The molecule has 0 aromatic carbocycles. The summed E-state index contributed by atoms with van der Waals surface area (Å²) in [6, 6.07) is 0.112. The van der Waals surface area contributed by atoms with Gasteiger partial charge in [0, 0.05) is 57.5 Å². The molecule has 3 heterocycles. The van der Waals surface area contributed by atoms with Crippen molar-refractivity contribution in [3.05, 3.63) is 36.9 Å². The molecule has 0 saturated carbocycles. The fourth-order valence-electron chi connectivity index (χ4n) is 2.93. The molecule has 2 amide bonds. The van der Waals surface area contributed by atoms with Crippen molar-refractivity contribution < 1.29 is 4.79 Å². The topological polar surface area (TPSA) is 82.1 Å². The molecule has 1 aliphatic heterocycles. The molecular formula is C15H23N7O. The van der Waals surface area contributed by atoms with E-state index in [0.717, 1.165) is 32.0 Å². The molecule has 0 spiro atoms. The van der Waals surface area contributed by atoms with Gasteiger partial charge in [0.1, 0.15) is 5.82 Å². The average molecular weight is 317 g/mol. The third-order valence-corrected chi connectivity index (χ3v) is 4.23. The number of piperazine rings is 1. The number of hydrogen-bond acceptors (Lipinski definition) is 4. The zero-order valence-electron chi connectivity index (χ0n) is 13.4. The molecule has 0 bridgehead atoms. The molecule has 8 heteroatoms. The first-order valence-corrected chi connectivity index (χ1v) is 7.99. The zero-order chi connectivity index (χ0) is 16.1. The average Bonchev–Trinajstić information content (AvgIpc) is 3.27. The predicted molar refractivity (Wildman–Crippen MR) is 85.8 cm³/mol. The summed E-state index contributed by atoms with van der Waals surface area (Å²) in [5, 5.41) is 2.98. The molecule has 0 aliphatic carbocycles. The lowest BCUT2D eigenvalue weighted by Gasteiger charge is -2.39. The van der Waals surface area contributed by atoms with Crippen LogP contribution in [0, 0.1) is 0 Å². The van der Waals surface area contributed by atoms with Gasteiger partial charge in [-0.15, -0.1) is 0 Å². The first-order valence-electron chi connectivity index (χ1n) is 7.99. The van der Waals surface area contributed by atoms with E-state index < -0.39 is 0 Å². The Morgan fingerprint density at radius 3 is 3.04 bits per heavy atom. The summed E-state index contributed by atoms with van der Waals surface area (Å²) >= 11 is 0. The monoisotopic (exact) mass is 317 g/mol. The second-order valence-corrected chi connectivity index (χ2v) is 5.60. The van der Waals surface area contributed by atoms with E-state index in [4.69, 9.17) is 0 Å².